The molecule has 1 aromatic heterocycles. The molecular formula is C11H14N2O4. The highest BCUT2D eigenvalue weighted by Gasteiger charge is 2.25. The van der Waals surface area contributed by atoms with E-state index in [-0.39, 0.29) is 5.69 Å². The Morgan fingerprint density at radius 2 is 2.12 bits per heavy atom. The molecule has 0 saturated heterocycles. The van der Waals surface area contributed by atoms with Crippen LogP contribution in [0.25, 0.3) is 0 Å². The van der Waals surface area contributed by atoms with Gasteiger partial charge in [0, 0.05) is 12.0 Å². The molecule has 2 rings (SSSR count). The van der Waals surface area contributed by atoms with Crippen LogP contribution in [0, 0.1) is 0 Å². The molecule has 1 aliphatic carbocycles. The van der Waals surface area contributed by atoms with E-state index in [0.29, 0.717) is 0 Å². The highest BCUT2D eigenvalue weighted by atomic mass is 16.5. The summed E-state index contributed by atoms with van der Waals surface area (Å²) < 4.78 is 5.09. The van der Waals surface area contributed by atoms with Crippen molar-refractivity contribution < 1.29 is 19.2 Å². The number of carboxylic acid groups (broad SMARTS) is 1. The lowest BCUT2D eigenvalue weighted by atomic mass is 9.96. The largest absolute Gasteiger partial charge is 0.480 e. The third-order valence-corrected chi connectivity index (χ3v) is 2.88. The maximum absolute atomic E-state index is 11.8. The van der Waals surface area contributed by atoms with Gasteiger partial charge in [-0.1, -0.05) is 5.16 Å². The molecule has 6 nitrogen and oxygen atoms in total. The maximum Gasteiger partial charge on any atom is 0.325 e. The van der Waals surface area contributed by atoms with Crippen molar-refractivity contribution in [1.82, 2.24) is 10.5 Å². The first-order valence-electron chi connectivity index (χ1n) is 5.60. The van der Waals surface area contributed by atoms with E-state index >= 15 is 0 Å². The zero-order valence-electron chi connectivity index (χ0n) is 9.52. The van der Waals surface area contributed by atoms with E-state index in [9.17, 15) is 9.59 Å². The predicted octanol–water partition coefficient (Wildman–Crippen LogP) is 0.756. The molecule has 0 saturated carbocycles. The molecule has 1 aliphatic rings. The molecule has 0 aliphatic heterocycles. The molecule has 0 radical (unpaired) electrons. The molecule has 1 amide bonds. The Bertz CT molecular complexity index is 452. The van der Waals surface area contributed by atoms with Crippen molar-refractivity contribution in [3.05, 3.63) is 17.0 Å². The van der Waals surface area contributed by atoms with Crippen LogP contribution in [0.1, 0.15) is 41.6 Å². The molecule has 0 aromatic carbocycles. The average molecular weight is 238 g/mol. The van der Waals surface area contributed by atoms with Crippen molar-refractivity contribution >= 4 is 11.9 Å². The second-order valence-corrected chi connectivity index (χ2v) is 4.17. The molecule has 6 heteroatoms. The summed E-state index contributed by atoms with van der Waals surface area (Å²) in [6.07, 6.45) is 3.60. The standard InChI is InChI=1S/C11H14N2O4/c1-6(11(15)16)12-10(14)9-7-4-2-3-5-8(7)17-13-9/h6H,2-5H2,1H3,(H,12,14)(H,15,16)/t6-/m0/s1. The van der Waals surface area contributed by atoms with Gasteiger partial charge in [-0.3, -0.25) is 9.59 Å². The van der Waals surface area contributed by atoms with E-state index in [2.05, 4.69) is 10.5 Å². The Morgan fingerprint density at radius 1 is 1.41 bits per heavy atom. The van der Waals surface area contributed by atoms with Crippen LogP contribution in [0.4, 0.5) is 0 Å². The Kier molecular flexibility index (Phi) is 3.12. The number of aliphatic carboxylic acids is 1. The highest BCUT2D eigenvalue weighted by molar-refractivity contribution is 5.96. The van der Waals surface area contributed by atoms with Crippen LogP contribution in [-0.2, 0) is 17.6 Å². The van der Waals surface area contributed by atoms with Gasteiger partial charge >= 0.3 is 5.97 Å². The van der Waals surface area contributed by atoms with E-state index in [4.69, 9.17) is 9.63 Å². The molecule has 0 bridgehead atoms. The minimum atomic E-state index is -1.07. The van der Waals surface area contributed by atoms with Gasteiger partial charge in [-0.05, 0) is 26.2 Å². The lowest BCUT2D eigenvalue weighted by molar-refractivity contribution is -0.138. The first-order valence-corrected chi connectivity index (χ1v) is 5.60. The first kappa shape index (κ1) is 11.6. The molecule has 0 unspecified atom stereocenters. The van der Waals surface area contributed by atoms with Crippen LogP contribution in [0.5, 0.6) is 0 Å². The molecule has 17 heavy (non-hydrogen) atoms. The van der Waals surface area contributed by atoms with Crippen LogP contribution in [-0.4, -0.2) is 28.2 Å². The van der Waals surface area contributed by atoms with Crippen molar-refractivity contribution in [3.63, 3.8) is 0 Å². The Balaban J connectivity index is 2.14. The summed E-state index contributed by atoms with van der Waals surface area (Å²) in [4.78, 5) is 22.4. The number of carboxylic acids is 1. The van der Waals surface area contributed by atoms with Crippen molar-refractivity contribution in [2.75, 3.05) is 0 Å². The van der Waals surface area contributed by atoms with Crippen LogP contribution in [0.15, 0.2) is 4.52 Å². The van der Waals surface area contributed by atoms with Crippen LogP contribution in [0.3, 0.4) is 0 Å². The number of nitrogens with zero attached hydrogens (tertiary/aromatic N) is 1. The summed E-state index contributed by atoms with van der Waals surface area (Å²) in [6, 6.07) is -0.932. The summed E-state index contributed by atoms with van der Waals surface area (Å²) in [6.45, 7) is 1.41. The molecule has 92 valence electrons. The van der Waals surface area contributed by atoms with Gasteiger partial charge in [-0.2, -0.15) is 0 Å². The molecule has 0 spiro atoms. The zero-order chi connectivity index (χ0) is 12.4. The number of carbonyl (C=O) groups is 2. The predicted molar refractivity (Wildman–Crippen MR) is 57.7 cm³/mol. The lowest BCUT2D eigenvalue weighted by Gasteiger charge is -2.10. The van der Waals surface area contributed by atoms with Gasteiger partial charge in [-0.25, -0.2) is 0 Å². The second-order valence-electron chi connectivity index (χ2n) is 4.17. The third kappa shape index (κ3) is 2.30. The minimum Gasteiger partial charge on any atom is -0.480 e. The van der Waals surface area contributed by atoms with Gasteiger partial charge in [0.2, 0.25) is 0 Å². The zero-order valence-corrected chi connectivity index (χ0v) is 9.52. The molecule has 1 heterocycles. The lowest BCUT2D eigenvalue weighted by Crippen LogP contribution is -2.38. The smallest absolute Gasteiger partial charge is 0.325 e. The van der Waals surface area contributed by atoms with E-state index in [1.54, 1.807) is 0 Å². The quantitative estimate of drug-likeness (QED) is 0.810. The van der Waals surface area contributed by atoms with Crippen molar-refractivity contribution in [1.29, 1.82) is 0 Å². The Labute approximate surface area is 98.0 Å². The van der Waals surface area contributed by atoms with Gasteiger partial charge in [0.25, 0.3) is 5.91 Å². The molecule has 1 aromatic rings. The fraction of sp³-hybridized carbons (Fsp3) is 0.545. The summed E-state index contributed by atoms with van der Waals surface area (Å²) >= 11 is 0. The minimum absolute atomic E-state index is 0.229. The normalized spacial score (nSPS) is 16.1. The maximum atomic E-state index is 11.8. The van der Waals surface area contributed by atoms with Gasteiger partial charge in [0.15, 0.2) is 5.69 Å². The van der Waals surface area contributed by atoms with E-state index in [0.717, 1.165) is 37.0 Å². The van der Waals surface area contributed by atoms with Gasteiger partial charge in [0.05, 0.1) is 0 Å². The third-order valence-electron chi connectivity index (χ3n) is 2.88. The molecule has 1 atom stereocenters. The summed E-state index contributed by atoms with van der Waals surface area (Å²) in [5.41, 5.74) is 1.05. The van der Waals surface area contributed by atoms with Crippen LogP contribution >= 0.6 is 0 Å². The number of aryl methyl sites for hydroxylation is 1. The highest BCUT2D eigenvalue weighted by Crippen LogP contribution is 2.24. The van der Waals surface area contributed by atoms with Gasteiger partial charge < -0.3 is 14.9 Å². The van der Waals surface area contributed by atoms with Gasteiger partial charge in [-0.15, -0.1) is 0 Å². The van der Waals surface area contributed by atoms with Crippen LogP contribution < -0.4 is 5.32 Å². The molecule has 0 fully saturated rings. The number of fused-ring (bicyclic) bond motifs is 1. The number of carbonyl (C=O) groups excluding carboxylic acids is 1. The summed E-state index contributed by atoms with van der Waals surface area (Å²) in [7, 11) is 0. The number of hydrogen-bond acceptors (Lipinski definition) is 4. The number of aromatic nitrogens is 1. The summed E-state index contributed by atoms with van der Waals surface area (Å²) in [5.74, 6) is -0.799. The fourth-order valence-electron chi connectivity index (χ4n) is 1.89. The average Bonchev–Trinajstić information content (AvgIpc) is 2.72. The van der Waals surface area contributed by atoms with E-state index < -0.39 is 17.9 Å². The van der Waals surface area contributed by atoms with Crippen molar-refractivity contribution in [2.24, 2.45) is 0 Å². The Hall–Kier alpha value is -1.85. The van der Waals surface area contributed by atoms with E-state index in [1.165, 1.54) is 6.92 Å². The van der Waals surface area contributed by atoms with Crippen LogP contribution in [0.2, 0.25) is 0 Å². The topological polar surface area (TPSA) is 92.4 Å². The molecular weight excluding hydrogens is 224 g/mol. The second kappa shape index (κ2) is 4.57. The summed E-state index contributed by atoms with van der Waals surface area (Å²) in [5, 5.41) is 14.8. The number of amides is 1. The number of hydrogen-bond donors (Lipinski definition) is 2. The fourth-order valence-corrected chi connectivity index (χ4v) is 1.89. The number of rotatable bonds is 3. The molecule has 2 N–H and O–H groups in total. The SMILES string of the molecule is C[C@H](NC(=O)c1noc2c1CCCC2)C(=O)O. The van der Waals surface area contributed by atoms with E-state index in [1.807, 2.05) is 0 Å². The monoisotopic (exact) mass is 238 g/mol. The first-order chi connectivity index (χ1) is 8.09. The van der Waals surface area contributed by atoms with Crippen molar-refractivity contribution in [3.8, 4) is 0 Å². The van der Waals surface area contributed by atoms with Crippen molar-refractivity contribution in [2.45, 2.75) is 38.6 Å². The number of nitrogens with one attached hydrogen (secondary N) is 1. The van der Waals surface area contributed by atoms with Gasteiger partial charge in [0.1, 0.15) is 11.8 Å². The Morgan fingerprint density at radius 3 is 2.82 bits per heavy atom.